The highest BCUT2D eigenvalue weighted by Gasteiger charge is 2.15. The van der Waals surface area contributed by atoms with Gasteiger partial charge in [0.05, 0.1) is 11.4 Å². The first-order chi connectivity index (χ1) is 11.4. The third-order valence-electron chi connectivity index (χ3n) is 3.29. The van der Waals surface area contributed by atoms with Crippen molar-refractivity contribution in [3.05, 3.63) is 78.0 Å². The van der Waals surface area contributed by atoms with Gasteiger partial charge >= 0.3 is 0 Å². The Bertz CT molecular complexity index is 953. The fourth-order valence-electron chi connectivity index (χ4n) is 2.12. The van der Waals surface area contributed by atoms with Crippen molar-refractivity contribution in [1.29, 1.82) is 0 Å². The van der Waals surface area contributed by atoms with Crippen molar-refractivity contribution in [2.75, 3.05) is 4.72 Å². The highest BCUT2D eigenvalue weighted by molar-refractivity contribution is 7.92. The summed E-state index contributed by atoms with van der Waals surface area (Å²) in [5.74, 6) is -0.791. The van der Waals surface area contributed by atoms with Gasteiger partial charge in [0, 0.05) is 17.8 Å². The molecule has 0 aliphatic rings. The third kappa shape index (κ3) is 3.60. The van der Waals surface area contributed by atoms with Crippen molar-refractivity contribution >= 4 is 15.8 Å². The molecule has 3 rings (SSSR count). The molecule has 0 saturated heterocycles. The molecule has 0 aliphatic heterocycles. The quantitative estimate of drug-likeness (QED) is 0.770. The monoisotopic (exact) mass is 349 g/mol. The van der Waals surface area contributed by atoms with E-state index in [1.165, 1.54) is 23.0 Å². The second-order valence-electron chi connectivity index (χ2n) is 5.05. The van der Waals surface area contributed by atoms with Crippen LogP contribution in [-0.2, 0) is 16.6 Å². The number of rotatable bonds is 5. The molecule has 3 aromatic rings. The fourth-order valence-corrected chi connectivity index (χ4v) is 3.11. The number of benzene rings is 2. The molecule has 5 nitrogen and oxygen atoms in total. The van der Waals surface area contributed by atoms with Gasteiger partial charge in [-0.3, -0.25) is 9.40 Å². The Morgan fingerprint density at radius 2 is 1.71 bits per heavy atom. The highest BCUT2D eigenvalue weighted by Crippen LogP contribution is 2.15. The Kier molecular flexibility index (Phi) is 4.30. The molecule has 0 bridgehead atoms. The van der Waals surface area contributed by atoms with Crippen molar-refractivity contribution in [1.82, 2.24) is 9.78 Å². The maximum Gasteiger partial charge on any atom is 0.263 e. The van der Waals surface area contributed by atoms with Gasteiger partial charge in [-0.05, 0) is 30.3 Å². The Labute approximate surface area is 137 Å². The average molecular weight is 349 g/mol. The van der Waals surface area contributed by atoms with Gasteiger partial charge in [0.25, 0.3) is 10.0 Å². The van der Waals surface area contributed by atoms with E-state index in [4.69, 9.17) is 0 Å². The Morgan fingerprint density at radius 3 is 2.42 bits per heavy atom. The second kappa shape index (κ2) is 6.40. The zero-order valence-corrected chi connectivity index (χ0v) is 13.2. The van der Waals surface area contributed by atoms with Gasteiger partial charge in [-0.1, -0.05) is 18.2 Å². The molecule has 124 valence electrons. The summed E-state index contributed by atoms with van der Waals surface area (Å²) < 4.78 is 54.6. The van der Waals surface area contributed by atoms with E-state index in [1.807, 2.05) is 0 Å². The van der Waals surface area contributed by atoms with E-state index >= 15 is 0 Å². The zero-order chi connectivity index (χ0) is 17.2. The van der Waals surface area contributed by atoms with Gasteiger partial charge in [-0.25, -0.2) is 17.2 Å². The molecule has 8 heteroatoms. The number of aromatic nitrogens is 2. The summed E-state index contributed by atoms with van der Waals surface area (Å²) in [5, 5.41) is 4.06. The molecule has 0 saturated carbocycles. The van der Waals surface area contributed by atoms with Crippen LogP contribution in [0.5, 0.6) is 0 Å². The molecule has 1 heterocycles. The van der Waals surface area contributed by atoms with E-state index in [9.17, 15) is 17.2 Å². The first kappa shape index (κ1) is 16.1. The van der Waals surface area contributed by atoms with Crippen LogP contribution in [0.1, 0.15) is 5.56 Å². The number of anilines is 1. The van der Waals surface area contributed by atoms with Gasteiger partial charge in [-0.15, -0.1) is 0 Å². The van der Waals surface area contributed by atoms with E-state index in [2.05, 4.69) is 9.82 Å². The molecule has 0 unspecified atom stereocenters. The van der Waals surface area contributed by atoms with Gasteiger partial charge in [-0.2, -0.15) is 5.10 Å². The Balaban J connectivity index is 1.76. The van der Waals surface area contributed by atoms with Crippen LogP contribution in [0.25, 0.3) is 0 Å². The largest absolute Gasteiger partial charge is 0.266 e. The summed E-state index contributed by atoms with van der Waals surface area (Å²) in [5.41, 5.74) is 0.438. The number of nitrogens with one attached hydrogen (secondary N) is 1. The van der Waals surface area contributed by atoms with Crippen molar-refractivity contribution in [3.63, 3.8) is 0 Å². The maximum absolute atomic E-state index is 13.6. The normalized spacial score (nSPS) is 11.4. The third-order valence-corrected chi connectivity index (χ3v) is 4.66. The van der Waals surface area contributed by atoms with Crippen molar-refractivity contribution < 1.29 is 17.2 Å². The minimum atomic E-state index is -3.86. The van der Waals surface area contributed by atoms with Crippen LogP contribution in [0.3, 0.4) is 0 Å². The van der Waals surface area contributed by atoms with E-state index in [0.717, 1.165) is 24.3 Å². The molecule has 0 aliphatic carbocycles. The molecule has 1 N–H and O–H groups in total. The molecule has 2 aromatic carbocycles. The van der Waals surface area contributed by atoms with Gasteiger partial charge < -0.3 is 0 Å². The lowest BCUT2D eigenvalue weighted by Crippen LogP contribution is -2.14. The summed E-state index contributed by atoms with van der Waals surface area (Å²) in [6.45, 7) is 0.172. The fraction of sp³-hybridized carbons (Fsp3) is 0.0625. The SMILES string of the molecule is O=S(=O)(Nc1ccn(Cc2ccccc2F)n1)c1ccc(F)cc1. The Hall–Kier alpha value is -2.74. The summed E-state index contributed by atoms with van der Waals surface area (Å²) in [4.78, 5) is -0.0763. The maximum atomic E-state index is 13.6. The van der Waals surface area contributed by atoms with Gasteiger partial charge in [0.2, 0.25) is 0 Å². The molecule has 0 amide bonds. The number of halogens is 2. The van der Waals surface area contributed by atoms with E-state index < -0.39 is 15.8 Å². The number of sulfonamides is 1. The van der Waals surface area contributed by atoms with E-state index in [-0.39, 0.29) is 23.1 Å². The van der Waals surface area contributed by atoms with Crippen LogP contribution in [0, 0.1) is 11.6 Å². The average Bonchev–Trinajstić information content (AvgIpc) is 2.96. The second-order valence-corrected chi connectivity index (χ2v) is 6.73. The molecule has 0 atom stereocenters. The van der Waals surface area contributed by atoms with Crippen molar-refractivity contribution in [3.8, 4) is 0 Å². The van der Waals surface area contributed by atoms with Crippen LogP contribution in [0.4, 0.5) is 14.6 Å². The predicted octanol–water partition coefficient (Wildman–Crippen LogP) is 3.01. The summed E-state index contributed by atoms with van der Waals surface area (Å²) in [7, 11) is -3.86. The lowest BCUT2D eigenvalue weighted by atomic mass is 10.2. The van der Waals surface area contributed by atoms with Gasteiger partial charge in [0.1, 0.15) is 11.6 Å². The number of hydrogen-bond donors (Lipinski definition) is 1. The minimum absolute atomic E-state index is 0.0763. The van der Waals surface area contributed by atoms with Crippen molar-refractivity contribution in [2.45, 2.75) is 11.4 Å². The minimum Gasteiger partial charge on any atom is -0.266 e. The van der Waals surface area contributed by atoms with E-state index in [0.29, 0.717) is 5.56 Å². The van der Waals surface area contributed by atoms with Crippen LogP contribution < -0.4 is 4.72 Å². The molecule has 1 aromatic heterocycles. The standard InChI is InChI=1S/C16H13F2N3O2S/c17-13-5-7-14(8-6-13)24(22,23)20-16-9-10-21(19-16)11-12-3-1-2-4-15(12)18/h1-10H,11H2,(H,19,20). The van der Waals surface area contributed by atoms with Crippen LogP contribution >= 0.6 is 0 Å². The summed E-state index contributed by atoms with van der Waals surface area (Å²) >= 11 is 0. The van der Waals surface area contributed by atoms with Crippen LogP contribution in [0.2, 0.25) is 0 Å². The van der Waals surface area contributed by atoms with Crippen LogP contribution in [0.15, 0.2) is 65.7 Å². The van der Waals surface area contributed by atoms with Crippen LogP contribution in [-0.4, -0.2) is 18.2 Å². The summed E-state index contributed by atoms with van der Waals surface area (Å²) in [6, 6.07) is 12.2. The first-order valence-electron chi connectivity index (χ1n) is 6.99. The lowest BCUT2D eigenvalue weighted by Gasteiger charge is -2.06. The lowest BCUT2D eigenvalue weighted by molar-refractivity contribution is 0.585. The Morgan fingerprint density at radius 1 is 1.00 bits per heavy atom. The molecule has 0 fully saturated rings. The smallest absolute Gasteiger partial charge is 0.263 e. The molecule has 0 radical (unpaired) electrons. The van der Waals surface area contributed by atoms with E-state index in [1.54, 1.807) is 18.2 Å². The topological polar surface area (TPSA) is 64.0 Å². The first-order valence-corrected chi connectivity index (χ1v) is 8.48. The van der Waals surface area contributed by atoms with Crippen molar-refractivity contribution in [2.24, 2.45) is 0 Å². The predicted molar refractivity (Wildman–Crippen MR) is 84.9 cm³/mol. The molecule has 24 heavy (non-hydrogen) atoms. The highest BCUT2D eigenvalue weighted by atomic mass is 32.2. The molecular weight excluding hydrogens is 336 g/mol. The zero-order valence-electron chi connectivity index (χ0n) is 12.4. The van der Waals surface area contributed by atoms with Gasteiger partial charge in [0.15, 0.2) is 5.82 Å². The molecular formula is C16H13F2N3O2S. The number of nitrogens with zero attached hydrogens (tertiary/aromatic N) is 2. The molecule has 0 spiro atoms. The number of hydrogen-bond acceptors (Lipinski definition) is 3. The summed E-state index contributed by atoms with van der Waals surface area (Å²) in [6.07, 6.45) is 1.54.